The monoisotopic (exact) mass is 544 g/mol. The Labute approximate surface area is 232 Å². The molecule has 7 rings (SSSR count). The first-order chi connectivity index (χ1) is 19.5. The van der Waals surface area contributed by atoms with Gasteiger partial charge >= 0.3 is 0 Å². The molecule has 0 unspecified atom stereocenters. The summed E-state index contributed by atoms with van der Waals surface area (Å²) < 4.78 is 41.7. The molecule has 2 nitrogen and oxygen atoms in total. The number of benzene rings is 5. The third-order valence-electron chi connectivity index (χ3n) is 7.01. The molecule has 6 heteroatoms. The van der Waals surface area contributed by atoms with Crippen molar-refractivity contribution in [2.45, 2.75) is 0 Å². The fourth-order valence-corrected chi connectivity index (χ4v) is 5.81. The molecular formula is C34H19F3N2S. The summed E-state index contributed by atoms with van der Waals surface area (Å²) in [6, 6.07) is 34.4. The standard InChI is InChI=1S/C34H19F3N2S/c35-29-18-28(19-30(36)32(29)37)22-5-3-20(4-6-22)24-11-13-27-17-25(12-14-26(27)16-24)21-7-9-23(10-8-21)34-39-33-31(40-34)2-1-15-38-33/h1-19H. The largest absolute Gasteiger partial charge is 0.236 e. The molecule has 40 heavy (non-hydrogen) atoms. The van der Waals surface area contributed by atoms with Gasteiger partial charge in [0.1, 0.15) is 5.01 Å². The molecule has 0 fully saturated rings. The molecule has 2 heterocycles. The van der Waals surface area contributed by atoms with Gasteiger partial charge in [-0.05, 0) is 80.6 Å². The van der Waals surface area contributed by atoms with E-state index < -0.39 is 17.5 Å². The molecule has 2 aromatic heterocycles. The van der Waals surface area contributed by atoms with Crippen LogP contribution in [0.2, 0.25) is 0 Å². The molecule has 0 radical (unpaired) electrons. The number of pyridine rings is 1. The lowest BCUT2D eigenvalue weighted by atomic mass is 9.96. The van der Waals surface area contributed by atoms with E-state index in [0.717, 1.165) is 66.1 Å². The number of halogens is 3. The summed E-state index contributed by atoms with van der Waals surface area (Å²) in [5, 5.41) is 3.18. The topological polar surface area (TPSA) is 25.8 Å². The van der Waals surface area contributed by atoms with Gasteiger partial charge in [0, 0.05) is 11.8 Å². The summed E-state index contributed by atoms with van der Waals surface area (Å²) >= 11 is 1.64. The van der Waals surface area contributed by atoms with Gasteiger partial charge < -0.3 is 0 Å². The van der Waals surface area contributed by atoms with Crippen LogP contribution in [0.15, 0.2) is 115 Å². The number of hydrogen-bond donors (Lipinski definition) is 0. The van der Waals surface area contributed by atoms with Crippen molar-refractivity contribution in [3.63, 3.8) is 0 Å². The van der Waals surface area contributed by atoms with Crippen LogP contribution >= 0.6 is 11.3 Å². The minimum atomic E-state index is -1.46. The predicted octanol–water partition coefficient (Wildman–Crippen LogP) is 9.93. The van der Waals surface area contributed by atoms with E-state index in [-0.39, 0.29) is 0 Å². The highest BCUT2D eigenvalue weighted by Gasteiger charge is 2.12. The fraction of sp³-hybridized carbons (Fsp3) is 0. The molecule has 192 valence electrons. The van der Waals surface area contributed by atoms with Gasteiger partial charge in [-0.15, -0.1) is 11.3 Å². The summed E-state index contributed by atoms with van der Waals surface area (Å²) in [7, 11) is 0. The summed E-state index contributed by atoms with van der Waals surface area (Å²) in [6.45, 7) is 0. The van der Waals surface area contributed by atoms with Crippen LogP contribution in [0, 0.1) is 17.5 Å². The van der Waals surface area contributed by atoms with E-state index in [2.05, 4.69) is 70.6 Å². The fourth-order valence-electron chi connectivity index (χ4n) is 4.88. The van der Waals surface area contributed by atoms with E-state index >= 15 is 0 Å². The quantitative estimate of drug-likeness (QED) is 0.206. The SMILES string of the molecule is Fc1cc(-c2ccc(-c3ccc4cc(-c5ccc(-c6nc7ncccc7s6)cc5)ccc4c3)cc2)cc(F)c1F. The molecular weight excluding hydrogens is 525 g/mol. The zero-order valence-electron chi connectivity index (χ0n) is 20.9. The molecule has 0 atom stereocenters. The lowest BCUT2D eigenvalue weighted by molar-refractivity contribution is 0.448. The maximum absolute atomic E-state index is 13.7. The van der Waals surface area contributed by atoms with E-state index in [4.69, 9.17) is 0 Å². The second-order valence-corrected chi connectivity index (χ2v) is 10.6. The van der Waals surface area contributed by atoms with Gasteiger partial charge in [-0.3, -0.25) is 0 Å². The Hall–Kier alpha value is -4.81. The number of nitrogens with zero attached hydrogens (tertiary/aromatic N) is 2. The van der Waals surface area contributed by atoms with Crippen LogP contribution in [0.5, 0.6) is 0 Å². The predicted molar refractivity (Wildman–Crippen MR) is 157 cm³/mol. The number of rotatable bonds is 4. The number of aromatic nitrogens is 2. The van der Waals surface area contributed by atoms with Gasteiger partial charge in [0.05, 0.1) is 4.70 Å². The molecule has 0 amide bonds. The third kappa shape index (κ3) is 4.42. The Morgan fingerprint density at radius 3 is 1.55 bits per heavy atom. The molecule has 0 aliphatic carbocycles. The summed E-state index contributed by atoms with van der Waals surface area (Å²) in [5.74, 6) is -3.86. The van der Waals surface area contributed by atoms with Gasteiger partial charge in [-0.2, -0.15) is 0 Å². The zero-order valence-corrected chi connectivity index (χ0v) is 21.7. The van der Waals surface area contributed by atoms with Crippen molar-refractivity contribution in [3.8, 4) is 44.0 Å². The van der Waals surface area contributed by atoms with Crippen molar-refractivity contribution < 1.29 is 13.2 Å². The third-order valence-corrected chi connectivity index (χ3v) is 8.06. The number of hydrogen-bond acceptors (Lipinski definition) is 3. The van der Waals surface area contributed by atoms with Crippen LogP contribution in [0.3, 0.4) is 0 Å². The molecule has 0 aliphatic heterocycles. The van der Waals surface area contributed by atoms with E-state index in [1.807, 2.05) is 24.3 Å². The van der Waals surface area contributed by atoms with Gasteiger partial charge in [-0.1, -0.05) is 72.8 Å². The summed E-state index contributed by atoms with van der Waals surface area (Å²) in [5.41, 5.74) is 6.99. The average molecular weight is 545 g/mol. The normalized spacial score (nSPS) is 11.4. The van der Waals surface area contributed by atoms with Crippen LogP contribution in [0.1, 0.15) is 0 Å². The van der Waals surface area contributed by atoms with Crippen LogP contribution < -0.4 is 0 Å². The van der Waals surface area contributed by atoms with Crippen LogP contribution in [-0.4, -0.2) is 9.97 Å². The first kappa shape index (κ1) is 24.2. The Kier molecular flexibility index (Phi) is 5.90. The van der Waals surface area contributed by atoms with E-state index in [9.17, 15) is 13.2 Å². The van der Waals surface area contributed by atoms with Gasteiger partial charge in [-0.25, -0.2) is 23.1 Å². The molecule has 7 aromatic rings. The lowest BCUT2D eigenvalue weighted by Crippen LogP contribution is -1.91. The maximum atomic E-state index is 13.7. The van der Waals surface area contributed by atoms with Crippen molar-refractivity contribution in [2.75, 3.05) is 0 Å². The van der Waals surface area contributed by atoms with E-state index in [1.165, 1.54) is 0 Å². The van der Waals surface area contributed by atoms with Crippen molar-refractivity contribution in [3.05, 3.63) is 133 Å². The first-order valence-corrected chi connectivity index (χ1v) is 13.4. The van der Waals surface area contributed by atoms with Crippen LogP contribution in [-0.2, 0) is 0 Å². The maximum Gasteiger partial charge on any atom is 0.194 e. The van der Waals surface area contributed by atoms with Crippen LogP contribution in [0.25, 0.3) is 65.1 Å². The van der Waals surface area contributed by atoms with Crippen molar-refractivity contribution in [1.29, 1.82) is 0 Å². The smallest absolute Gasteiger partial charge is 0.194 e. The van der Waals surface area contributed by atoms with Gasteiger partial charge in [0.25, 0.3) is 0 Å². The molecule has 0 aliphatic rings. The number of fused-ring (bicyclic) bond motifs is 2. The van der Waals surface area contributed by atoms with Crippen LogP contribution in [0.4, 0.5) is 13.2 Å². The molecule has 0 N–H and O–H groups in total. The molecule has 0 saturated heterocycles. The Morgan fingerprint density at radius 2 is 1.00 bits per heavy atom. The molecule has 0 saturated carbocycles. The Morgan fingerprint density at radius 1 is 0.500 bits per heavy atom. The Bertz CT molecular complexity index is 1970. The lowest BCUT2D eigenvalue weighted by Gasteiger charge is -2.09. The summed E-state index contributed by atoms with van der Waals surface area (Å²) in [6.07, 6.45) is 1.76. The first-order valence-electron chi connectivity index (χ1n) is 12.6. The summed E-state index contributed by atoms with van der Waals surface area (Å²) in [4.78, 5) is 8.99. The van der Waals surface area contributed by atoms with Gasteiger partial charge in [0.2, 0.25) is 0 Å². The van der Waals surface area contributed by atoms with E-state index in [0.29, 0.717) is 11.1 Å². The second-order valence-electron chi connectivity index (χ2n) is 9.53. The molecule has 0 spiro atoms. The minimum Gasteiger partial charge on any atom is -0.236 e. The van der Waals surface area contributed by atoms with Gasteiger partial charge in [0.15, 0.2) is 23.1 Å². The molecule has 0 bridgehead atoms. The minimum absolute atomic E-state index is 0.291. The second kappa shape index (κ2) is 9.74. The zero-order chi connectivity index (χ0) is 27.2. The van der Waals surface area contributed by atoms with E-state index in [1.54, 1.807) is 29.7 Å². The number of thiazole rings is 1. The highest BCUT2D eigenvalue weighted by molar-refractivity contribution is 7.21. The average Bonchev–Trinajstić information content (AvgIpc) is 3.44. The highest BCUT2D eigenvalue weighted by atomic mass is 32.1. The highest BCUT2D eigenvalue weighted by Crippen LogP contribution is 2.33. The van der Waals surface area contributed by atoms with Crippen molar-refractivity contribution in [1.82, 2.24) is 9.97 Å². The molecule has 5 aromatic carbocycles. The Balaban J connectivity index is 1.14. The van der Waals surface area contributed by atoms with Crippen molar-refractivity contribution >= 4 is 32.5 Å². The van der Waals surface area contributed by atoms with Crippen molar-refractivity contribution in [2.24, 2.45) is 0 Å².